The van der Waals surface area contributed by atoms with E-state index >= 15 is 0 Å². The van der Waals surface area contributed by atoms with Crippen molar-refractivity contribution < 1.29 is 14.6 Å². The van der Waals surface area contributed by atoms with E-state index in [2.05, 4.69) is 17.1 Å². The summed E-state index contributed by atoms with van der Waals surface area (Å²) in [4.78, 5) is 14.1. The molecule has 0 spiro atoms. The molecule has 2 atom stereocenters. The van der Waals surface area contributed by atoms with Crippen LogP contribution in [-0.2, 0) is 11.3 Å². The van der Waals surface area contributed by atoms with E-state index in [-0.39, 0.29) is 6.10 Å². The summed E-state index contributed by atoms with van der Waals surface area (Å²) in [5, 5.41) is 12.8. The summed E-state index contributed by atoms with van der Waals surface area (Å²) in [7, 11) is 0. The van der Waals surface area contributed by atoms with Crippen molar-refractivity contribution in [1.82, 2.24) is 4.90 Å². The van der Waals surface area contributed by atoms with Crippen molar-refractivity contribution in [3.8, 4) is 0 Å². The highest BCUT2D eigenvalue weighted by Crippen LogP contribution is 2.20. The number of piperidine rings is 1. The van der Waals surface area contributed by atoms with Crippen molar-refractivity contribution in [1.29, 1.82) is 0 Å². The van der Waals surface area contributed by atoms with E-state index in [4.69, 9.17) is 4.74 Å². The van der Waals surface area contributed by atoms with Gasteiger partial charge in [0.1, 0.15) is 5.60 Å². The molecule has 1 heterocycles. The first-order valence-corrected chi connectivity index (χ1v) is 8.22. The largest absolute Gasteiger partial charge is 0.444 e. The fourth-order valence-electron chi connectivity index (χ4n) is 2.69. The Balaban J connectivity index is 1.93. The number of nitrogens with one attached hydrogen (secondary N) is 1. The number of hydrogen-bond donors (Lipinski definition) is 2. The summed E-state index contributed by atoms with van der Waals surface area (Å²) in [6.45, 7) is 10.1. The quantitative estimate of drug-likeness (QED) is 0.897. The van der Waals surface area contributed by atoms with Crippen LogP contribution in [0.3, 0.4) is 0 Å². The van der Waals surface area contributed by atoms with Crippen LogP contribution in [0.5, 0.6) is 0 Å². The van der Waals surface area contributed by atoms with E-state index in [0.29, 0.717) is 12.5 Å². The molecule has 1 aliphatic rings. The average molecular weight is 320 g/mol. The second-order valence-corrected chi connectivity index (χ2v) is 7.40. The lowest BCUT2D eigenvalue weighted by molar-refractivity contribution is 0.0259. The van der Waals surface area contributed by atoms with Crippen LogP contribution in [0, 0.1) is 5.92 Å². The van der Waals surface area contributed by atoms with Gasteiger partial charge in [0.25, 0.3) is 0 Å². The molecular formula is C18H28N2O3. The average Bonchev–Trinajstić information content (AvgIpc) is 2.41. The zero-order valence-electron chi connectivity index (χ0n) is 14.5. The number of hydrogen-bond acceptors (Lipinski definition) is 4. The molecule has 0 saturated carbocycles. The Morgan fingerprint density at radius 2 is 2.17 bits per heavy atom. The van der Waals surface area contributed by atoms with E-state index in [9.17, 15) is 9.90 Å². The Kier molecular flexibility index (Phi) is 5.65. The van der Waals surface area contributed by atoms with Gasteiger partial charge in [0, 0.05) is 18.8 Å². The van der Waals surface area contributed by atoms with Crippen molar-refractivity contribution in [2.24, 2.45) is 5.92 Å². The van der Waals surface area contributed by atoms with Gasteiger partial charge in [-0.1, -0.05) is 19.1 Å². The number of anilines is 1. The number of aliphatic hydroxyl groups is 1. The standard InChI is InChI=1S/C18H28N2O3/c1-13-8-9-20(12-16(13)21)11-14-6-5-7-15(10-14)19-17(22)23-18(2,3)4/h5-7,10,13,16,21H,8-9,11-12H2,1-4H3,(H,19,22). The van der Waals surface area contributed by atoms with E-state index in [0.717, 1.165) is 30.8 Å². The third-order valence-electron chi connectivity index (χ3n) is 3.98. The maximum Gasteiger partial charge on any atom is 0.412 e. The van der Waals surface area contributed by atoms with Gasteiger partial charge in [-0.2, -0.15) is 0 Å². The Morgan fingerprint density at radius 1 is 1.43 bits per heavy atom. The van der Waals surface area contributed by atoms with E-state index < -0.39 is 11.7 Å². The van der Waals surface area contributed by atoms with Gasteiger partial charge in [0.2, 0.25) is 0 Å². The summed E-state index contributed by atoms with van der Waals surface area (Å²) < 4.78 is 5.26. The highest BCUT2D eigenvalue weighted by molar-refractivity contribution is 5.84. The topological polar surface area (TPSA) is 61.8 Å². The third-order valence-corrected chi connectivity index (χ3v) is 3.98. The number of ether oxygens (including phenoxy) is 1. The summed E-state index contributed by atoms with van der Waals surface area (Å²) in [5.74, 6) is 0.367. The van der Waals surface area contributed by atoms with Crippen LogP contribution in [0.1, 0.15) is 39.7 Å². The van der Waals surface area contributed by atoms with Gasteiger partial charge in [-0.05, 0) is 57.4 Å². The number of β-amino-alcohol motifs (C(OH)–C–C–N with tert-alkyl or cyclic N) is 1. The predicted octanol–water partition coefficient (Wildman–Crippen LogP) is 3.24. The smallest absolute Gasteiger partial charge is 0.412 e. The van der Waals surface area contributed by atoms with Crippen molar-refractivity contribution >= 4 is 11.8 Å². The Morgan fingerprint density at radius 3 is 2.83 bits per heavy atom. The van der Waals surface area contributed by atoms with Crippen LogP contribution in [0.15, 0.2) is 24.3 Å². The lowest BCUT2D eigenvalue weighted by atomic mass is 9.96. The molecule has 0 aliphatic carbocycles. The van der Waals surface area contributed by atoms with Crippen LogP contribution in [-0.4, -0.2) is 40.9 Å². The molecule has 2 rings (SSSR count). The molecule has 1 aromatic rings. The molecule has 5 heteroatoms. The Hall–Kier alpha value is -1.59. The third kappa shape index (κ3) is 5.84. The van der Waals surface area contributed by atoms with E-state index in [1.807, 2.05) is 45.0 Å². The number of carbonyl (C=O) groups is 1. The summed E-state index contributed by atoms with van der Waals surface area (Å²) in [6, 6.07) is 7.75. The highest BCUT2D eigenvalue weighted by atomic mass is 16.6. The van der Waals surface area contributed by atoms with Gasteiger partial charge in [-0.15, -0.1) is 0 Å². The van der Waals surface area contributed by atoms with Crippen LogP contribution in [0.25, 0.3) is 0 Å². The van der Waals surface area contributed by atoms with Gasteiger partial charge in [-0.3, -0.25) is 10.2 Å². The van der Waals surface area contributed by atoms with Crippen LogP contribution >= 0.6 is 0 Å². The van der Waals surface area contributed by atoms with Gasteiger partial charge < -0.3 is 9.84 Å². The molecule has 0 aromatic heterocycles. The van der Waals surface area contributed by atoms with E-state index in [1.54, 1.807) is 0 Å². The fourth-order valence-corrected chi connectivity index (χ4v) is 2.69. The molecule has 128 valence electrons. The first-order chi connectivity index (χ1) is 10.7. The molecule has 5 nitrogen and oxygen atoms in total. The van der Waals surface area contributed by atoms with Gasteiger partial charge in [-0.25, -0.2) is 4.79 Å². The second-order valence-electron chi connectivity index (χ2n) is 7.40. The molecule has 23 heavy (non-hydrogen) atoms. The van der Waals surface area contributed by atoms with Crippen molar-refractivity contribution in [2.75, 3.05) is 18.4 Å². The number of amides is 1. The van der Waals surface area contributed by atoms with E-state index in [1.165, 1.54) is 0 Å². The maximum atomic E-state index is 11.8. The van der Waals surface area contributed by atoms with Crippen LogP contribution in [0.2, 0.25) is 0 Å². The SMILES string of the molecule is CC1CCN(Cc2cccc(NC(=O)OC(C)(C)C)c2)CC1O. The van der Waals surface area contributed by atoms with Gasteiger partial charge >= 0.3 is 6.09 Å². The van der Waals surface area contributed by atoms with Gasteiger partial charge in [0.05, 0.1) is 6.10 Å². The first-order valence-electron chi connectivity index (χ1n) is 8.22. The maximum absolute atomic E-state index is 11.8. The number of carbonyl (C=O) groups excluding carboxylic acids is 1. The molecule has 1 fully saturated rings. The summed E-state index contributed by atoms with van der Waals surface area (Å²) >= 11 is 0. The summed E-state index contributed by atoms with van der Waals surface area (Å²) in [5.41, 5.74) is 1.32. The number of nitrogens with zero attached hydrogens (tertiary/aromatic N) is 1. The van der Waals surface area contributed by atoms with Crippen molar-refractivity contribution in [2.45, 2.75) is 52.4 Å². The minimum atomic E-state index is -0.512. The monoisotopic (exact) mass is 320 g/mol. The van der Waals surface area contributed by atoms with Crippen molar-refractivity contribution in [3.63, 3.8) is 0 Å². The van der Waals surface area contributed by atoms with Crippen LogP contribution in [0.4, 0.5) is 10.5 Å². The molecule has 0 bridgehead atoms. The molecule has 1 aromatic carbocycles. The normalized spacial score (nSPS) is 22.7. The van der Waals surface area contributed by atoms with Gasteiger partial charge in [0.15, 0.2) is 0 Å². The molecule has 2 N–H and O–H groups in total. The molecule has 1 saturated heterocycles. The lowest BCUT2D eigenvalue weighted by Crippen LogP contribution is -2.42. The molecule has 2 unspecified atom stereocenters. The Bertz CT molecular complexity index is 539. The zero-order chi connectivity index (χ0) is 17.0. The van der Waals surface area contributed by atoms with Crippen molar-refractivity contribution in [3.05, 3.63) is 29.8 Å². The molecular weight excluding hydrogens is 292 g/mol. The molecule has 1 amide bonds. The molecule has 0 radical (unpaired) electrons. The zero-order valence-corrected chi connectivity index (χ0v) is 14.5. The first kappa shape index (κ1) is 17.8. The summed E-state index contributed by atoms with van der Waals surface area (Å²) in [6.07, 6.45) is 0.306. The minimum Gasteiger partial charge on any atom is -0.444 e. The second kappa shape index (κ2) is 7.32. The predicted molar refractivity (Wildman–Crippen MR) is 91.4 cm³/mol. The lowest BCUT2D eigenvalue weighted by Gasteiger charge is -2.34. The minimum absolute atomic E-state index is 0.258. The van der Waals surface area contributed by atoms with Crippen LogP contribution < -0.4 is 5.32 Å². The molecule has 1 aliphatic heterocycles. The Labute approximate surface area is 138 Å². The highest BCUT2D eigenvalue weighted by Gasteiger charge is 2.24. The number of benzene rings is 1. The number of aliphatic hydroxyl groups excluding tert-OH is 1. The number of rotatable bonds is 3. The fraction of sp³-hybridized carbons (Fsp3) is 0.611. The number of likely N-dealkylation sites (tertiary alicyclic amines) is 1.